The molecule has 0 saturated carbocycles. The summed E-state index contributed by atoms with van der Waals surface area (Å²) < 4.78 is 0. The summed E-state index contributed by atoms with van der Waals surface area (Å²) in [5.74, 6) is 2.82. The van der Waals surface area contributed by atoms with E-state index in [4.69, 9.17) is 0 Å². The van der Waals surface area contributed by atoms with Crippen molar-refractivity contribution < 1.29 is 0 Å². The first-order chi connectivity index (χ1) is 6.15. The molecular weight excluding hydrogens is 156 g/mol. The van der Waals surface area contributed by atoms with Crippen molar-refractivity contribution in [2.75, 3.05) is 0 Å². The topological polar surface area (TPSA) is 0 Å². The van der Waals surface area contributed by atoms with Crippen LogP contribution in [0.15, 0.2) is 0 Å². The third-order valence-corrected chi connectivity index (χ3v) is 3.46. The molecule has 0 N–H and O–H groups in total. The van der Waals surface area contributed by atoms with Crippen molar-refractivity contribution in [1.82, 2.24) is 0 Å². The SMILES string of the molecule is CCC[C@H](CC)[C@H](C)C[C@@H](C)CC. The monoisotopic (exact) mass is 184 g/mol. The summed E-state index contributed by atoms with van der Waals surface area (Å²) in [6, 6.07) is 0. The van der Waals surface area contributed by atoms with Crippen LogP contribution in [0.4, 0.5) is 0 Å². The first kappa shape index (κ1) is 13.0. The molecule has 0 aliphatic carbocycles. The molecule has 0 spiro atoms. The van der Waals surface area contributed by atoms with E-state index in [1.54, 1.807) is 0 Å². The molecule has 0 nitrogen and oxygen atoms in total. The molecule has 0 heterocycles. The number of hydrogen-bond acceptors (Lipinski definition) is 0. The normalized spacial score (nSPS) is 18.2. The van der Waals surface area contributed by atoms with E-state index in [-0.39, 0.29) is 0 Å². The summed E-state index contributed by atoms with van der Waals surface area (Å²) in [4.78, 5) is 0. The largest absolute Gasteiger partial charge is 0.0654 e. The van der Waals surface area contributed by atoms with Gasteiger partial charge < -0.3 is 0 Å². The second kappa shape index (κ2) is 7.41. The number of rotatable bonds is 7. The molecule has 13 heavy (non-hydrogen) atoms. The van der Waals surface area contributed by atoms with Crippen LogP contribution >= 0.6 is 0 Å². The van der Waals surface area contributed by atoms with Gasteiger partial charge >= 0.3 is 0 Å². The first-order valence-electron chi connectivity index (χ1n) is 6.15. The fourth-order valence-corrected chi connectivity index (χ4v) is 2.26. The third kappa shape index (κ3) is 5.33. The highest BCUT2D eigenvalue weighted by molar-refractivity contribution is 4.67. The summed E-state index contributed by atoms with van der Waals surface area (Å²) in [6.45, 7) is 11.8. The molecule has 0 heteroatoms. The first-order valence-corrected chi connectivity index (χ1v) is 6.15. The zero-order valence-electron chi connectivity index (χ0n) is 10.3. The molecule has 0 aromatic heterocycles. The highest BCUT2D eigenvalue weighted by atomic mass is 14.2. The van der Waals surface area contributed by atoms with Crippen molar-refractivity contribution in [2.45, 2.75) is 66.7 Å². The van der Waals surface area contributed by atoms with Gasteiger partial charge in [-0.05, 0) is 24.2 Å². The maximum absolute atomic E-state index is 2.44. The van der Waals surface area contributed by atoms with Gasteiger partial charge in [0.25, 0.3) is 0 Å². The van der Waals surface area contributed by atoms with Crippen LogP contribution in [0.1, 0.15) is 66.7 Å². The van der Waals surface area contributed by atoms with Crippen molar-refractivity contribution in [3.05, 3.63) is 0 Å². The van der Waals surface area contributed by atoms with E-state index in [0.717, 1.165) is 17.8 Å². The Morgan fingerprint density at radius 2 is 1.54 bits per heavy atom. The van der Waals surface area contributed by atoms with E-state index in [1.807, 2.05) is 0 Å². The van der Waals surface area contributed by atoms with Crippen LogP contribution < -0.4 is 0 Å². The van der Waals surface area contributed by atoms with Gasteiger partial charge in [0.1, 0.15) is 0 Å². The Labute approximate surface area is 85.1 Å². The summed E-state index contributed by atoms with van der Waals surface area (Å²) in [5.41, 5.74) is 0. The molecule has 0 aliphatic rings. The van der Waals surface area contributed by atoms with E-state index in [2.05, 4.69) is 34.6 Å². The van der Waals surface area contributed by atoms with Crippen LogP contribution in [0.2, 0.25) is 0 Å². The van der Waals surface area contributed by atoms with Gasteiger partial charge in [0, 0.05) is 0 Å². The molecule has 80 valence electrons. The minimum Gasteiger partial charge on any atom is -0.0654 e. The van der Waals surface area contributed by atoms with E-state index in [0.29, 0.717) is 0 Å². The minimum atomic E-state index is 0.918. The van der Waals surface area contributed by atoms with Crippen LogP contribution in [0.5, 0.6) is 0 Å². The Kier molecular flexibility index (Phi) is 7.41. The van der Waals surface area contributed by atoms with Gasteiger partial charge in [-0.15, -0.1) is 0 Å². The Balaban J connectivity index is 3.82. The summed E-state index contributed by atoms with van der Waals surface area (Å²) in [7, 11) is 0. The van der Waals surface area contributed by atoms with Crippen molar-refractivity contribution in [1.29, 1.82) is 0 Å². The zero-order chi connectivity index (χ0) is 10.3. The molecular formula is C13H28. The van der Waals surface area contributed by atoms with Crippen LogP contribution in [0.3, 0.4) is 0 Å². The smallest absolute Gasteiger partial charge is 0.0391 e. The second-order valence-electron chi connectivity index (χ2n) is 4.68. The average molecular weight is 184 g/mol. The minimum absolute atomic E-state index is 0.918. The molecule has 0 radical (unpaired) electrons. The second-order valence-corrected chi connectivity index (χ2v) is 4.68. The molecule has 0 rings (SSSR count). The van der Waals surface area contributed by atoms with E-state index in [9.17, 15) is 0 Å². The van der Waals surface area contributed by atoms with Gasteiger partial charge in [0.2, 0.25) is 0 Å². The fraction of sp³-hybridized carbons (Fsp3) is 1.00. The lowest BCUT2D eigenvalue weighted by Crippen LogP contribution is -2.13. The van der Waals surface area contributed by atoms with Crippen molar-refractivity contribution >= 4 is 0 Å². The molecule has 0 aromatic rings. The predicted octanol–water partition coefficient (Wildman–Crippen LogP) is 4.89. The Morgan fingerprint density at radius 1 is 0.923 bits per heavy atom. The Hall–Kier alpha value is 0. The Bertz CT molecular complexity index is 107. The van der Waals surface area contributed by atoms with Gasteiger partial charge in [-0.25, -0.2) is 0 Å². The van der Waals surface area contributed by atoms with Gasteiger partial charge in [-0.1, -0.05) is 60.3 Å². The lowest BCUT2D eigenvalue weighted by atomic mass is 9.82. The van der Waals surface area contributed by atoms with Gasteiger partial charge in [-0.3, -0.25) is 0 Å². The van der Waals surface area contributed by atoms with Crippen molar-refractivity contribution in [2.24, 2.45) is 17.8 Å². The number of hydrogen-bond donors (Lipinski definition) is 0. The standard InChI is InChI=1S/C13H28/c1-6-9-13(8-3)12(5)10-11(4)7-2/h11-13H,6-10H2,1-5H3/t11-,12+,13-/m0/s1. The molecule has 0 saturated heterocycles. The lowest BCUT2D eigenvalue weighted by molar-refractivity contribution is 0.269. The highest BCUT2D eigenvalue weighted by Crippen LogP contribution is 2.27. The predicted molar refractivity (Wildman–Crippen MR) is 61.9 cm³/mol. The summed E-state index contributed by atoms with van der Waals surface area (Å²) in [6.07, 6.45) is 6.91. The van der Waals surface area contributed by atoms with Crippen molar-refractivity contribution in [3.63, 3.8) is 0 Å². The van der Waals surface area contributed by atoms with Gasteiger partial charge in [0.05, 0.1) is 0 Å². The summed E-state index contributed by atoms with van der Waals surface area (Å²) >= 11 is 0. The zero-order valence-corrected chi connectivity index (χ0v) is 10.3. The van der Waals surface area contributed by atoms with E-state index >= 15 is 0 Å². The maximum atomic E-state index is 2.44. The average Bonchev–Trinajstić information content (AvgIpc) is 2.13. The van der Waals surface area contributed by atoms with E-state index in [1.165, 1.54) is 32.1 Å². The van der Waals surface area contributed by atoms with Crippen LogP contribution in [-0.2, 0) is 0 Å². The van der Waals surface area contributed by atoms with Crippen LogP contribution in [0.25, 0.3) is 0 Å². The molecule has 0 bridgehead atoms. The van der Waals surface area contributed by atoms with Gasteiger partial charge in [0.15, 0.2) is 0 Å². The Morgan fingerprint density at radius 3 is 1.92 bits per heavy atom. The van der Waals surface area contributed by atoms with Crippen LogP contribution in [0, 0.1) is 17.8 Å². The molecule has 3 atom stereocenters. The molecule has 0 amide bonds. The molecule has 0 aromatic carbocycles. The maximum Gasteiger partial charge on any atom is -0.0391 e. The van der Waals surface area contributed by atoms with E-state index < -0.39 is 0 Å². The third-order valence-electron chi connectivity index (χ3n) is 3.46. The van der Waals surface area contributed by atoms with Crippen LogP contribution in [-0.4, -0.2) is 0 Å². The lowest BCUT2D eigenvalue weighted by Gasteiger charge is -2.24. The van der Waals surface area contributed by atoms with Gasteiger partial charge in [-0.2, -0.15) is 0 Å². The molecule has 0 fully saturated rings. The highest BCUT2D eigenvalue weighted by Gasteiger charge is 2.16. The van der Waals surface area contributed by atoms with Crippen molar-refractivity contribution in [3.8, 4) is 0 Å². The summed E-state index contributed by atoms with van der Waals surface area (Å²) in [5, 5.41) is 0. The molecule has 0 unspecified atom stereocenters. The fourth-order valence-electron chi connectivity index (χ4n) is 2.26. The molecule has 0 aliphatic heterocycles. The quantitative estimate of drug-likeness (QED) is 0.528.